The minimum absolute atomic E-state index is 0.551. The van der Waals surface area contributed by atoms with Crippen molar-refractivity contribution < 1.29 is 4.74 Å². The van der Waals surface area contributed by atoms with E-state index < -0.39 is 0 Å². The molecule has 0 radical (unpaired) electrons. The van der Waals surface area contributed by atoms with Gasteiger partial charge in [-0.05, 0) is 39.5 Å². The molecule has 17 heavy (non-hydrogen) atoms. The second-order valence-corrected chi connectivity index (χ2v) is 5.81. The Hall–Kier alpha value is -0.710. The van der Waals surface area contributed by atoms with E-state index in [1.54, 1.807) is 23.5 Å². The molecule has 0 aliphatic rings. The summed E-state index contributed by atoms with van der Waals surface area (Å²) in [5.74, 6) is 0.658. The number of nitrogen functional groups attached to an aromatic ring is 1. The van der Waals surface area contributed by atoms with Gasteiger partial charge in [-0.15, -0.1) is 11.3 Å². The Balaban J connectivity index is 1.99. The summed E-state index contributed by atoms with van der Waals surface area (Å²) < 4.78 is 6.46. The van der Waals surface area contributed by atoms with Crippen LogP contribution >= 0.6 is 38.9 Å². The zero-order chi connectivity index (χ0) is 12.3. The highest BCUT2D eigenvalue weighted by atomic mass is 79.9. The molecule has 2 rings (SSSR count). The molecule has 90 valence electrons. The van der Waals surface area contributed by atoms with Crippen molar-refractivity contribution in [1.82, 2.24) is 0 Å². The lowest BCUT2D eigenvalue weighted by atomic mass is 10.3. The molecule has 2 nitrogen and oxygen atoms in total. The van der Waals surface area contributed by atoms with Gasteiger partial charge in [0, 0.05) is 16.3 Å². The maximum atomic E-state index is 5.87. The Morgan fingerprint density at radius 2 is 2.24 bits per heavy atom. The average Bonchev–Trinajstić information content (AvgIpc) is 2.74. The lowest BCUT2D eigenvalue weighted by molar-refractivity contribution is 0.323. The minimum atomic E-state index is 0.551. The molecule has 1 aromatic heterocycles. The number of hydrogen-bond acceptors (Lipinski definition) is 3. The van der Waals surface area contributed by atoms with Crippen LogP contribution in [0.2, 0.25) is 5.02 Å². The van der Waals surface area contributed by atoms with Gasteiger partial charge in [0.15, 0.2) is 5.75 Å². The molecule has 1 aromatic carbocycles. The van der Waals surface area contributed by atoms with E-state index in [4.69, 9.17) is 22.1 Å². The lowest BCUT2D eigenvalue weighted by Gasteiger charge is -2.10. The number of hydrogen-bond donors (Lipinski definition) is 1. The SMILES string of the molecule is Nc1cc(Cl)cc(Br)c1OCCc1cccs1. The quantitative estimate of drug-likeness (QED) is 0.844. The predicted octanol–water partition coefficient (Wildman–Crippen LogP) is 4.37. The Labute approximate surface area is 117 Å². The third-order valence-corrected chi connectivity index (χ3v) is 3.96. The van der Waals surface area contributed by atoms with Crippen LogP contribution in [0.25, 0.3) is 0 Å². The number of nitrogens with two attached hydrogens (primary N) is 1. The number of rotatable bonds is 4. The molecule has 0 aliphatic carbocycles. The van der Waals surface area contributed by atoms with Gasteiger partial charge in [-0.3, -0.25) is 0 Å². The summed E-state index contributed by atoms with van der Waals surface area (Å²) in [5, 5.41) is 2.65. The monoisotopic (exact) mass is 331 g/mol. The summed E-state index contributed by atoms with van der Waals surface area (Å²) in [7, 11) is 0. The molecule has 0 fully saturated rings. The van der Waals surface area contributed by atoms with Crippen LogP contribution in [0.1, 0.15) is 4.88 Å². The first-order chi connectivity index (χ1) is 8.16. The van der Waals surface area contributed by atoms with Gasteiger partial charge in [-0.25, -0.2) is 0 Å². The van der Waals surface area contributed by atoms with E-state index >= 15 is 0 Å². The highest BCUT2D eigenvalue weighted by molar-refractivity contribution is 9.10. The first-order valence-electron chi connectivity index (χ1n) is 5.06. The van der Waals surface area contributed by atoms with Gasteiger partial charge in [0.05, 0.1) is 16.8 Å². The third kappa shape index (κ3) is 3.37. The molecular formula is C12H11BrClNOS. The Morgan fingerprint density at radius 3 is 2.88 bits per heavy atom. The van der Waals surface area contributed by atoms with Crippen LogP contribution in [0.4, 0.5) is 5.69 Å². The zero-order valence-electron chi connectivity index (χ0n) is 8.95. The molecule has 0 bridgehead atoms. The Morgan fingerprint density at radius 1 is 1.41 bits per heavy atom. The van der Waals surface area contributed by atoms with Gasteiger partial charge < -0.3 is 10.5 Å². The van der Waals surface area contributed by atoms with Gasteiger partial charge in [0.1, 0.15) is 0 Å². The summed E-state index contributed by atoms with van der Waals surface area (Å²) in [5.41, 5.74) is 6.40. The number of benzene rings is 1. The van der Waals surface area contributed by atoms with E-state index in [9.17, 15) is 0 Å². The maximum absolute atomic E-state index is 5.87. The minimum Gasteiger partial charge on any atom is -0.490 e. The third-order valence-electron chi connectivity index (χ3n) is 2.21. The van der Waals surface area contributed by atoms with E-state index in [0.717, 1.165) is 10.9 Å². The number of ether oxygens (including phenoxy) is 1. The van der Waals surface area contributed by atoms with Crippen LogP contribution in [-0.2, 0) is 6.42 Å². The number of anilines is 1. The first-order valence-corrected chi connectivity index (χ1v) is 7.11. The van der Waals surface area contributed by atoms with Gasteiger partial charge in [-0.2, -0.15) is 0 Å². The largest absolute Gasteiger partial charge is 0.490 e. The molecule has 0 spiro atoms. The number of thiophene rings is 1. The molecule has 2 aromatic rings. The Bertz CT molecular complexity index is 478. The van der Waals surface area contributed by atoms with Crippen molar-refractivity contribution in [3.63, 3.8) is 0 Å². The summed E-state index contributed by atoms with van der Waals surface area (Å²) in [6, 6.07) is 7.59. The lowest BCUT2D eigenvalue weighted by Crippen LogP contribution is -2.03. The summed E-state index contributed by atoms with van der Waals surface area (Å²) in [6.07, 6.45) is 0.881. The molecule has 0 saturated carbocycles. The standard InChI is InChI=1S/C12H11BrClNOS/c13-10-6-8(14)7-11(15)12(10)16-4-3-9-2-1-5-17-9/h1-2,5-7H,3-4,15H2. The first kappa shape index (κ1) is 12.7. The topological polar surface area (TPSA) is 35.2 Å². The van der Waals surface area contributed by atoms with Crippen molar-refractivity contribution in [3.8, 4) is 5.75 Å². The zero-order valence-corrected chi connectivity index (χ0v) is 12.1. The van der Waals surface area contributed by atoms with E-state index in [0.29, 0.717) is 23.1 Å². The van der Waals surface area contributed by atoms with Crippen molar-refractivity contribution in [3.05, 3.63) is 44.0 Å². The maximum Gasteiger partial charge on any atom is 0.156 e. The summed E-state index contributed by atoms with van der Waals surface area (Å²) >= 11 is 11.0. The van der Waals surface area contributed by atoms with Crippen molar-refractivity contribution in [1.29, 1.82) is 0 Å². The molecule has 1 heterocycles. The van der Waals surface area contributed by atoms with E-state index in [2.05, 4.69) is 27.4 Å². The van der Waals surface area contributed by atoms with Crippen LogP contribution < -0.4 is 10.5 Å². The van der Waals surface area contributed by atoms with Crippen LogP contribution in [0.3, 0.4) is 0 Å². The van der Waals surface area contributed by atoms with Crippen molar-refractivity contribution >= 4 is 44.6 Å². The molecule has 2 N–H and O–H groups in total. The average molecular weight is 333 g/mol. The van der Waals surface area contributed by atoms with Gasteiger partial charge in [-0.1, -0.05) is 17.7 Å². The molecule has 0 atom stereocenters. The van der Waals surface area contributed by atoms with Crippen LogP contribution in [0, 0.1) is 0 Å². The highest BCUT2D eigenvalue weighted by Gasteiger charge is 2.07. The number of halogens is 2. The van der Waals surface area contributed by atoms with E-state index in [-0.39, 0.29) is 0 Å². The molecule has 0 amide bonds. The predicted molar refractivity (Wildman–Crippen MR) is 77.1 cm³/mol. The molecule has 0 unspecified atom stereocenters. The molecule has 0 saturated heterocycles. The Kier molecular flexibility index (Phi) is 4.31. The van der Waals surface area contributed by atoms with Crippen molar-refractivity contribution in [2.45, 2.75) is 6.42 Å². The molecule has 0 aliphatic heterocycles. The van der Waals surface area contributed by atoms with Crippen molar-refractivity contribution in [2.24, 2.45) is 0 Å². The summed E-state index contributed by atoms with van der Waals surface area (Å²) in [4.78, 5) is 1.30. The second kappa shape index (κ2) is 5.76. The second-order valence-electron chi connectivity index (χ2n) is 3.48. The van der Waals surface area contributed by atoms with E-state index in [1.165, 1.54) is 4.88 Å². The van der Waals surface area contributed by atoms with Gasteiger partial charge in [0.2, 0.25) is 0 Å². The van der Waals surface area contributed by atoms with Crippen molar-refractivity contribution in [2.75, 3.05) is 12.3 Å². The normalized spacial score (nSPS) is 10.5. The summed E-state index contributed by atoms with van der Waals surface area (Å²) in [6.45, 7) is 0.602. The smallest absolute Gasteiger partial charge is 0.156 e. The molecule has 5 heteroatoms. The van der Waals surface area contributed by atoms with Gasteiger partial charge in [0.25, 0.3) is 0 Å². The van der Waals surface area contributed by atoms with E-state index in [1.807, 2.05) is 6.07 Å². The fourth-order valence-corrected chi connectivity index (χ4v) is 3.08. The highest BCUT2D eigenvalue weighted by Crippen LogP contribution is 2.34. The fraction of sp³-hybridized carbons (Fsp3) is 0.167. The fourth-order valence-electron chi connectivity index (χ4n) is 1.44. The molecular weight excluding hydrogens is 322 g/mol. The van der Waals surface area contributed by atoms with Crippen LogP contribution in [-0.4, -0.2) is 6.61 Å². The van der Waals surface area contributed by atoms with Crippen LogP contribution in [0.5, 0.6) is 5.75 Å². The van der Waals surface area contributed by atoms with Gasteiger partial charge >= 0.3 is 0 Å². The van der Waals surface area contributed by atoms with Crippen LogP contribution in [0.15, 0.2) is 34.1 Å².